The third kappa shape index (κ3) is 3.37. The number of hydrogen-bond acceptors (Lipinski definition) is 3. The molecule has 1 heterocycles. The van der Waals surface area contributed by atoms with Crippen LogP contribution in [0.5, 0.6) is 0 Å². The molecule has 0 aliphatic carbocycles. The van der Waals surface area contributed by atoms with Gasteiger partial charge in [0.25, 0.3) is 5.91 Å². The van der Waals surface area contributed by atoms with Crippen LogP contribution in [0.1, 0.15) is 24.2 Å². The molecule has 2 aromatic rings. The van der Waals surface area contributed by atoms with Crippen molar-refractivity contribution in [2.45, 2.75) is 13.8 Å². The molecule has 110 valence electrons. The molecule has 1 aromatic carbocycles. The van der Waals surface area contributed by atoms with Gasteiger partial charge in [0, 0.05) is 18.8 Å². The Bertz CT molecular complexity index is 616. The molecule has 0 atom stereocenters. The molecule has 2 rings (SSSR count). The van der Waals surface area contributed by atoms with Gasteiger partial charge in [-0.05, 0) is 32.0 Å². The van der Waals surface area contributed by atoms with Crippen molar-refractivity contribution in [1.82, 2.24) is 4.98 Å². The fourth-order valence-electron chi connectivity index (χ4n) is 2.11. The molecular weight excluding hydrogens is 269 g/mol. The molecule has 0 saturated heterocycles. The van der Waals surface area contributed by atoms with Gasteiger partial charge in [0.15, 0.2) is 0 Å². The Morgan fingerprint density at radius 2 is 2.00 bits per heavy atom. The minimum atomic E-state index is -0.524. The summed E-state index contributed by atoms with van der Waals surface area (Å²) in [6.07, 6.45) is 1.10. The number of carbonyl (C=O) groups excluding carboxylic acids is 1. The smallest absolute Gasteiger partial charge is 0.262 e. The molecule has 0 spiro atoms. The number of carbonyl (C=O) groups is 1. The van der Waals surface area contributed by atoms with Crippen LogP contribution < -0.4 is 10.2 Å². The second-order valence-electron chi connectivity index (χ2n) is 4.46. The maximum absolute atomic E-state index is 13.5. The summed E-state index contributed by atoms with van der Waals surface area (Å²) in [4.78, 5) is 18.3. The SMILES string of the molecule is CCNc1ncc(F)cc1C(=O)N(CC)c1ccccc1. The van der Waals surface area contributed by atoms with Crippen LogP contribution in [0.3, 0.4) is 0 Å². The second kappa shape index (κ2) is 6.83. The fourth-order valence-corrected chi connectivity index (χ4v) is 2.11. The van der Waals surface area contributed by atoms with Gasteiger partial charge in [-0.1, -0.05) is 18.2 Å². The number of benzene rings is 1. The molecule has 0 radical (unpaired) electrons. The van der Waals surface area contributed by atoms with Crippen molar-refractivity contribution >= 4 is 17.4 Å². The van der Waals surface area contributed by atoms with E-state index in [9.17, 15) is 9.18 Å². The number of aromatic nitrogens is 1. The summed E-state index contributed by atoms with van der Waals surface area (Å²) in [5, 5.41) is 2.99. The van der Waals surface area contributed by atoms with Gasteiger partial charge in [0.1, 0.15) is 11.6 Å². The highest BCUT2D eigenvalue weighted by Gasteiger charge is 2.20. The van der Waals surface area contributed by atoms with Crippen molar-refractivity contribution in [3.63, 3.8) is 0 Å². The van der Waals surface area contributed by atoms with Crippen molar-refractivity contribution in [2.75, 3.05) is 23.3 Å². The zero-order chi connectivity index (χ0) is 15.2. The molecule has 0 unspecified atom stereocenters. The Hall–Kier alpha value is -2.43. The van der Waals surface area contributed by atoms with E-state index in [2.05, 4.69) is 10.3 Å². The Kier molecular flexibility index (Phi) is 4.87. The average Bonchev–Trinajstić information content (AvgIpc) is 2.51. The van der Waals surface area contributed by atoms with E-state index in [-0.39, 0.29) is 11.5 Å². The molecule has 0 aliphatic rings. The van der Waals surface area contributed by atoms with E-state index < -0.39 is 5.82 Å². The van der Waals surface area contributed by atoms with Crippen LogP contribution in [0.25, 0.3) is 0 Å². The fraction of sp³-hybridized carbons (Fsp3) is 0.250. The molecule has 0 bridgehead atoms. The normalized spacial score (nSPS) is 10.2. The molecular formula is C16H18FN3O. The third-order valence-corrected chi connectivity index (χ3v) is 3.06. The van der Waals surface area contributed by atoms with E-state index in [0.717, 1.165) is 11.9 Å². The van der Waals surface area contributed by atoms with Gasteiger partial charge < -0.3 is 10.2 Å². The lowest BCUT2D eigenvalue weighted by Gasteiger charge is -2.22. The number of rotatable bonds is 5. The summed E-state index contributed by atoms with van der Waals surface area (Å²) < 4.78 is 13.5. The predicted octanol–water partition coefficient (Wildman–Crippen LogP) is 3.32. The van der Waals surface area contributed by atoms with Gasteiger partial charge in [0.05, 0.1) is 11.8 Å². The molecule has 1 amide bonds. The standard InChI is InChI=1S/C16H18FN3O/c1-3-18-15-14(10-12(17)11-19-15)16(21)20(4-2)13-8-6-5-7-9-13/h5-11H,3-4H2,1-2H3,(H,18,19). The number of para-hydroxylation sites is 1. The predicted molar refractivity (Wildman–Crippen MR) is 82.2 cm³/mol. The van der Waals surface area contributed by atoms with E-state index in [1.54, 1.807) is 4.90 Å². The van der Waals surface area contributed by atoms with Crippen molar-refractivity contribution in [2.24, 2.45) is 0 Å². The number of nitrogens with zero attached hydrogens (tertiary/aromatic N) is 2. The van der Waals surface area contributed by atoms with Crippen LogP contribution in [0.4, 0.5) is 15.9 Å². The summed E-state index contributed by atoms with van der Waals surface area (Å²) >= 11 is 0. The highest BCUT2D eigenvalue weighted by Crippen LogP contribution is 2.21. The number of halogens is 1. The Balaban J connectivity index is 2.40. The van der Waals surface area contributed by atoms with Gasteiger partial charge in [-0.2, -0.15) is 0 Å². The Morgan fingerprint density at radius 1 is 1.29 bits per heavy atom. The molecule has 1 aromatic heterocycles. The highest BCUT2D eigenvalue weighted by molar-refractivity contribution is 6.09. The molecule has 5 heteroatoms. The minimum Gasteiger partial charge on any atom is -0.370 e. The average molecular weight is 287 g/mol. The third-order valence-electron chi connectivity index (χ3n) is 3.06. The van der Waals surface area contributed by atoms with Crippen LogP contribution in [0, 0.1) is 5.82 Å². The number of amides is 1. The van der Waals surface area contributed by atoms with Crippen LogP contribution in [0.2, 0.25) is 0 Å². The lowest BCUT2D eigenvalue weighted by molar-refractivity contribution is 0.0988. The van der Waals surface area contributed by atoms with Gasteiger partial charge >= 0.3 is 0 Å². The maximum Gasteiger partial charge on any atom is 0.262 e. The molecule has 4 nitrogen and oxygen atoms in total. The van der Waals surface area contributed by atoms with E-state index in [1.807, 2.05) is 44.2 Å². The summed E-state index contributed by atoms with van der Waals surface area (Å²) in [5.74, 6) is -0.394. The van der Waals surface area contributed by atoms with E-state index in [1.165, 1.54) is 6.07 Å². The molecule has 21 heavy (non-hydrogen) atoms. The summed E-state index contributed by atoms with van der Waals surface area (Å²) in [6, 6.07) is 10.5. The Morgan fingerprint density at radius 3 is 2.62 bits per heavy atom. The first-order valence-corrected chi connectivity index (χ1v) is 6.93. The van der Waals surface area contributed by atoms with Crippen molar-refractivity contribution in [3.05, 3.63) is 54.0 Å². The van der Waals surface area contributed by atoms with Crippen molar-refractivity contribution in [3.8, 4) is 0 Å². The minimum absolute atomic E-state index is 0.238. The molecule has 0 saturated carbocycles. The van der Waals surface area contributed by atoms with Crippen molar-refractivity contribution in [1.29, 1.82) is 0 Å². The first kappa shape index (κ1) is 15.0. The highest BCUT2D eigenvalue weighted by atomic mass is 19.1. The maximum atomic E-state index is 13.5. The van der Waals surface area contributed by atoms with Gasteiger partial charge in [0.2, 0.25) is 0 Å². The number of anilines is 2. The number of nitrogens with one attached hydrogen (secondary N) is 1. The van der Waals surface area contributed by atoms with Crippen LogP contribution in [-0.4, -0.2) is 24.0 Å². The zero-order valence-corrected chi connectivity index (χ0v) is 12.1. The number of hydrogen-bond donors (Lipinski definition) is 1. The monoisotopic (exact) mass is 287 g/mol. The summed E-state index contributed by atoms with van der Waals surface area (Å²) in [5.41, 5.74) is 1.01. The number of pyridine rings is 1. The Labute approximate surface area is 123 Å². The van der Waals surface area contributed by atoms with E-state index >= 15 is 0 Å². The van der Waals surface area contributed by atoms with Crippen molar-refractivity contribution < 1.29 is 9.18 Å². The van der Waals surface area contributed by atoms with Gasteiger partial charge in [-0.25, -0.2) is 9.37 Å². The summed E-state index contributed by atoms with van der Waals surface area (Å²) in [7, 11) is 0. The first-order valence-electron chi connectivity index (χ1n) is 6.93. The quantitative estimate of drug-likeness (QED) is 0.917. The van der Waals surface area contributed by atoms with Gasteiger partial charge in [-0.15, -0.1) is 0 Å². The van der Waals surface area contributed by atoms with E-state index in [0.29, 0.717) is 18.9 Å². The zero-order valence-electron chi connectivity index (χ0n) is 12.1. The first-order chi connectivity index (χ1) is 10.2. The second-order valence-corrected chi connectivity index (χ2v) is 4.46. The summed E-state index contributed by atoms with van der Waals surface area (Å²) in [6.45, 7) is 4.87. The van der Waals surface area contributed by atoms with Crippen LogP contribution in [0.15, 0.2) is 42.6 Å². The van der Waals surface area contributed by atoms with E-state index in [4.69, 9.17) is 0 Å². The van der Waals surface area contributed by atoms with Gasteiger partial charge in [-0.3, -0.25) is 4.79 Å². The van der Waals surface area contributed by atoms with Crippen LogP contribution in [-0.2, 0) is 0 Å². The molecule has 0 aliphatic heterocycles. The molecule has 1 N–H and O–H groups in total. The molecule has 0 fully saturated rings. The lowest BCUT2D eigenvalue weighted by Crippen LogP contribution is -2.31. The topological polar surface area (TPSA) is 45.2 Å². The van der Waals surface area contributed by atoms with Crippen LogP contribution >= 0.6 is 0 Å². The lowest BCUT2D eigenvalue weighted by atomic mass is 10.2. The largest absolute Gasteiger partial charge is 0.370 e.